The Kier molecular flexibility index (Phi) is 4.99. The van der Waals surface area contributed by atoms with Gasteiger partial charge in [-0.05, 0) is 43.5 Å². The molecular weight excluding hydrogens is 366 g/mol. The highest BCUT2D eigenvalue weighted by Crippen LogP contribution is 2.33. The van der Waals surface area contributed by atoms with E-state index in [4.69, 9.17) is 20.6 Å². The van der Waals surface area contributed by atoms with Gasteiger partial charge in [-0.1, -0.05) is 28.8 Å². The van der Waals surface area contributed by atoms with Crippen LogP contribution >= 0.6 is 11.6 Å². The van der Waals surface area contributed by atoms with Crippen LogP contribution in [0.3, 0.4) is 0 Å². The fourth-order valence-corrected chi connectivity index (χ4v) is 3.57. The lowest BCUT2D eigenvalue weighted by Crippen LogP contribution is -2.30. The van der Waals surface area contributed by atoms with Crippen LogP contribution in [-0.2, 0) is 6.42 Å². The first-order chi connectivity index (χ1) is 13.2. The number of amides is 1. The molecule has 140 valence electrons. The van der Waals surface area contributed by atoms with Crippen molar-refractivity contribution in [1.29, 1.82) is 0 Å². The van der Waals surface area contributed by atoms with Crippen LogP contribution in [0.1, 0.15) is 54.2 Å². The molecule has 7 heteroatoms. The summed E-state index contributed by atoms with van der Waals surface area (Å²) in [6, 6.07) is 10.8. The second-order valence-electron chi connectivity index (χ2n) is 6.71. The summed E-state index contributed by atoms with van der Waals surface area (Å²) in [4.78, 5) is 14.8. The van der Waals surface area contributed by atoms with Crippen LogP contribution in [0, 0.1) is 0 Å². The molecule has 27 heavy (non-hydrogen) atoms. The first kappa shape index (κ1) is 17.8. The summed E-state index contributed by atoms with van der Waals surface area (Å²) in [7, 11) is 0. The van der Waals surface area contributed by atoms with Gasteiger partial charge in [0.05, 0.1) is 6.04 Å². The van der Waals surface area contributed by atoms with E-state index in [2.05, 4.69) is 17.2 Å². The Labute approximate surface area is 162 Å². The molecule has 1 aliphatic rings. The van der Waals surface area contributed by atoms with Crippen molar-refractivity contribution in [2.75, 3.05) is 6.54 Å². The van der Waals surface area contributed by atoms with E-state index in [1.54, 1.807) is 23.1 Å². The molecule has 1 fully saturated rings. The smallest absolute Gasteiger partial charge is 0.276 e. The second-order valence-corrected chi connectivity index (χ2v) is 7.14. The number of carbonyl (C=O) groups excluding carboxylic acids is 1. The SMILES string of the molecule is CCCc1cc([C@H]2CCCN2C(=O)c2cc(-c3ccc(Cl)cc3)on2)no1. The molecular formula is C20H20ClN3O3. The third kappa shape index (κ3) is 3.62. The van der Waals surface area contributed by atoms with Crippen molar-refractivity contribution in [3.63, 3.8) is 0 Å². The van der Waals surface area contributed by atoms with Gasteiger partial charge in [0.25, 0.3) is 5.91 Å². The van der Waals surface area contributed by atoms with Gasteiger partial charge in [-0.3, -0.25) is 4.79 Å². The molecule has 0 saturated carbocycles. The number of likely N-dealkylation sites (tertiary alicyclic amines) is 1. The molecule has 0 unspecified atom stereocenters. The number of aromatic nitrogens is 2. The van der Waals surface area contributed by atoms with Gasteiger partial charge in [0.2, 0.25) is 0 Å². The van der Waals surface area contributed by atoms with Crippen LogP contribution in [0.5, 0.6) is 0 Å². The minimum atomic E-state index is -0.151. The van der Waals surface area contributed by atoms with Crippen molar-refractivity contribution in [3.05, 3.63) is 58.6 Å². The lowest BCUT2D eigenvalue weighted by Gasteiger charge is -2.21. The number of halogens is 1. The Morgan fingerprint density at radius 3 is 2.81 bits per heavy atom. The number of aryl methyl sites for hydroxylation is 1. The summed E-state index contributed by atoms with van der Waals surface area (Å²) < 4.78 is 10.8. The predicted octanol–water partition coefficient (Wildman–Crippen LogP) is 4.91. The largest absolute Gasteiger partial charge is 0.361 e. The van der Waals surface area contributed by atoms with Gasteiger partial charge in [-0.15, -0.1) is 0 Å². The minimum absolute atomic E-state index is 0.0810. The van der Waals surface area contributed by atoms with E-state index in [1.807, 2.05) is 18.2 Å². The Balaban J connectivity index is 1.53. The maximum atomic E-state index is 13.0. The molecule has 1 saturated heterocycles. The number of nitrogens with zero attached hydrogens (tertiary/aromatic N) is 3. The maximum Gasteiger partial charge on any atom is 0.276 e. The number of benzene rings is 1. The Morgan fingerprint density at radius 2 is 2.04 bits per heavy atom. The normalized spacial score (nSPS) is 16.8. The highest BCUT2D eigenvalue weighted by molar-refractivity contribution is 6.30. The lowest BCUT2D eigenvalue weighted by atomic mass is 10.1. The van der Waals surface area contributed by atoms with Crippen molar-refractivity contribution < 1.29 is 13.8 Å². The fraction of sp³-hybridized carbons (Fsp3) is 0.350. The van der Waals surface area contributed by atoms with E-state index >= 15 is 0 Å². The molecule has 2 aromatic heterocycles. The van der Waals surface area contributed by atoms with Gasteiger partial charge >= 0.3 is 0 Å². The molecule has 3 aromatic rings. The molecule has 0 N–H and O–H groups in total. The summed E-state index contributed by atoms with van der Waals surface area (Å²) in [5.74, 6) is 1.25. The van der Waals surface area contributed by atoms with Gasteiger partial charge in [-0.25, -0.2) is 0 Å². The van der Waals surface area contributed by atoms with Crippen LogP contribution < -0.4 is 0 Å². The maximum absolute atomic E-state index is 13.0. The second kappa shape index (κ2) is 7.56. The zero-order valence-corrected chi connectivity index (χ0v) is 15.8. The van der Waals surface area contributed by atoms with E-state index in [9.17, 15) is 4.79 Å². The molecule has 0 radical (unpaired) electrons. The van der Waals surface area contributed by atoms with E-state index in [1.165, 1.54) is 0 Å². The standard InChI is InChI=1S/C20H20ClN3O3/c1-2-4-15-11-16(22-26-15)18-5-3-10-24(18)20(25)17-12-19(27-23-17)13-6-8-14(21)9-7-13/h6-9,11-12,18H,2-5,10H2,1H3/t18-/m1/s1. The van der Waals surface area contributed by atoms with Crippen molar-refractivity contribution in [3.8, 4) is 11.3 Å². The summed E-state index contributed by atoms with van der Waals surface area (Å²) in [6.45, 7) is 2.76. The molecule has 1 aromatic carbocycles. The molecule has 4 rings (SSSR count). The average molecular weight is 386 g/mol. The zero-order chi connectivity index (χ0) is 18.8. The molecule has 1 amide bonds. The summed E-state index contributed by atoms with van der Waals surface area (Å²) >= 11 is 5.92. The molecule has 0 bridgehead atoms. The van der Waals surface area contributed by atoms with Crippen LogP contribution in [-0.4, -0.2) is 27.7 Å². The van der Waals surface area contributed by atoms with E-state index in [0.29, 0.717) is 23.0 Å². The summed E-state index contributed by atoms with van der Waals surface area (Å²) in [6.07, 6.45) is 3.63. The highest BCUT2D eigenvalue weighted by atomic mass is 35.5. The van der Waals surface area contributed by atoms with Crippen molar-refractivity contribution in [1.82, 2.24) is 15.2 Å². The van der Waals surface area contributed by atoms with Crippen LogP contribution in [0.4, 0.5) is 0 Å². The van der Waals surface area contributed by atoms with Gasteiger partial charge < -0.3 is 13.9 Å². The first-order valence-electron chi connectivity index (χ1n) is 9.15. The van der Waals surface area contributed by atoms with Crippen molar-refractivity contribution >= 4 is 17.5 Å². The lowest BCUT2D eigenvalue weighted by molar-refractivity contribution is 0.0720. The molecule has 0 spiro atoms. The molecule has 0 aliphatic carbocycles. The summed E-state index contributed by atoms with van der Waals surface area (Å²) in [5, 5.41) is 8.80. The van der Waals surface area contributed by atoms with Gasteiger partial charge in [0, 0.05) is 35.7 Å². The monoisotopic (exact) mass is 385 g/mol. The number of hydrogen-bond donors (Lipinski definition) is 0. The highest BCUT2D eigenvalue weighted by Gasteiger charge is 2.34. The zero-order valence-electron chi connectivity index (χ0n) is 15.0. The van der Waals surface area contributed by atoms with Gasteiger partial charge in [0.1, 0.15) is 11.5 Å². The topological polar surface area (TPSA) is 72.4 Å². The first-order valence-corrected chi connectivity index (χ1v) is 9.52. The number of carbonyl (C=O) groups is 1. The van der Waals surface area contributed by atoms with Crippen molar-refractivity contribution in [2.24, 2.45) is 0 Å². The van der Waals surface area contributed by atoms with E-state index in [-0.39, 0.29) is 11.9 Å². The third-order valence-electron chi connectivity index (χ3n) is 4.79. The van der Waals surface area contributed by atoms with Gasteiger partial charge in [-0.2, -0.15) is 0 Å². The number of hydrogen-bond acceptors (Lipinski definition) is 5. The minimum Gasteiger partial charge on any atom is -0.361 e. The number of rotatable bonds is 5. The van der Waals surface area contributed by atoms with E-state index in [0.717, 1.165) is 42.7 Å². The third-order valence-corrected chi connectivity index (χ3v) is 5.04. The Morgan fingerprint density at radius 1 is 1.22 bits per heavy atom. The average Bonchev–Trinajstić information content (AvgIpc) is 3.42. The van der Waals surface area contributed by atoms with E-state index < -0.39 is 0 Å². The Bertz CT molecular complexity index is 932. The van der Waals surface area contributed by atoms with Crippen LogP contribution in [0.25, 0.3) is 11.3 Å². The quantitative estimate of drug-likeness (QED) is 0.623. The van der Waals surface area contributed by atoms with Crippen LogP contribution in [0.2, 0.25) is 5.02 Å². The van der Waals surface area contributed by atoms with Crippen LogP contribution in [0.15, 0.2) is 45.4 Å². The summed E-state index contributed by atoms with van der Waals surface area (Å²) in [5.41, 5.74) is 1.93. The fourth-order valence-electron chi connectivity index (χ4n) is 3.44. The molecule has 3 heterocycles. The Hall–Kier alpha value is -2.60. The molecule has 1 aliphatic heterocycles. The van der Waals surface area contributed by atoms with Gasteiger partial charge in [0.15, 0.2) is 11.5 Å². The van der Waals surface area contributed by atoms with Crippen molar-refractivity contribution in [2.45, 2.75) is 38.6 Å². The predicted molar refractivity (Wildman–Crippen MR) is 100 cm³/mol. The molecule has 1 atom stereocenters. The molecule has 6 nitrogen and oxygen atoms in total.